The number of carbonyl (C=O) groups is 2. The number of carbonyl (C=O) groups excluding carboxylic acids is 2. The number of hydrogen-bond acceptors (Lipinski definition) is 8. The number of ether oxygens (including phenoxy) is 2. The quantitative estimate of drug-likeness (QED) is 0.352. The summed E-state index contributed by atoms with van der Waals surface area (Å²) in [5, 5.41) is 0. The van der Waals surface area contributed by atoms with Crippen molar-refractivity contribution in [1.29, 1.82) is 0 Å². The van der Waals surface area contributed by atoms with Crippen molar-refractivity contribution in [3.8, 4) is 0 Å². The van der Waals surface area contributed by atoms with Crippen molar-refractivity contribution in [2.75, 3.05) is 0 Å². The van der Waals surface area contributed by atoms with Gasteiger partial charge in [0.2, 0.25) is 0 Å². The van der Waals surface area contributed by atoms with E-state index in [1.54, 1.807) is 36.5 Å². The first-order valence-corrected chi connectivity index (χ1v) is 11.3. The summed E-state index contributed by atoms with van der Waals surface area (Å²) in [5.41, 5.74) is -0.513. The van der Waals surface area contributed by atoms with Gasteiger partial charge in [-0.3, -0.25) is 0 Å². The summed E-state index contributed by atoms with van der Waals surface area (Å²) in [7, 11) is 0. The van der Waals surface area contributed by atoms with E-state index < -0.39 is 60.1 Å². The Bertz CT molecular complexity index is 1570. The van der Waals surface area contributed by atoms with Crippen LogP contribution in [0.2, 0.25) is 0 Å². The summed E-state index contributed by atoms with van der Waals surface area (Å²) in [5.74, 6) is -3.61. The molecule has 5 aliphatic rings. The molecule has 0 N–H and O–H groups in total. The Hall–Kier alpha value is -4.88. The number of esters is 2. The molecule has 0 aromatic heterocycles. The lowest BCUT2D eigenvalue weighted by molar-refractivity contribution is -0.171. The lowest BCUT2D eigenvalue weighted by atomic mass is 10.0. The summed E-state index contributed by atoms with van der Waals surface area (Å²) in [6, 6.07) is 0. The maximum absolute atomic E-state index is 13.7. The minimum atomic E-state index is -3.74. The van der Waals surface area contributed by atoms with Gasteiger partial charge in [0, 0.05) is 0 Å². The van der Waals surface area contributed by atoms with Gasteiger partial charge in [-0.2, -0.15) is 8.78 Å². The Morgan fingerprint density at radius 2 is 0.975 bits per heavy atom. The highest BCUT2D eigenvalue weighted by atomic mass is 19.3. The predicted molar refractivity (Wildman–Crippen MR) is 131 cm³/mol. The molecular weight excluding hydrogens is 546 g/mol. The number of nitrogens with zero attached hydrogens (tertiary/aromatic N) is 4. The van der Waals surface area contributed by atoms with Crippen LogP contribution in [0.25, 0.3) is 0 Å². The molecule has 0 spiro atoms. The zero-order valence-corrected chi connectivity index (χ0v) is 19.8. The van der Waals surface area contributed by atoms with Gasteiger partial charge in [-0.05, 0) is 60.8 Å². The van der Waals surface area contributed by atoms with Gasteiger partial charge < -0.3 is 9.47 Å². The van der Waals surface area contributed by atoms with E-state index in [2.05, 4.69) is 29.4 Å². The molecule has 40 heavy (non-hydrogen) atoms. The largest absolute Gasteiger partial charge is 0.421 e. The van der Waals surface area contributed by atoms with Crippen molar-refractivity contribution in [3.63, 3.8) is 0 Å². The fourth-order valence-corrected chi connectivity index (χ4v) is 3.79. The van der Waals surface area contributed by atoms with Crippen LogP contribution in [-0.4, -0.2) is 60.4 Å². The van der Waals surface area contributed by atoms with E-state index in [1.807, 2.05) is 0 Å². The maximum atomic E-state index is 13.7. The molecule has 0 saturated heterocycles. The molecule has 8 nitrogen and oxygen atoms in total. The third-order valence-corrected chi connectivity index (χ3v) is 5.46. The highest BCUT2D eigenvalue weighted by molar-refractivity contribution is 6.32. The van der Waals surface area contributed by atoms with Crippen LogP contribution in [0.4, 0.5) is 26.3 Å². The summed E-state index contributed by atoms with van der Waals surface area (Å²) in [6.07, 6.45) is 0.783. The van der Waals surface area contributed by atoms with E-state index >= 15 is 0 Å². The normalized spacial score (nSPS) is 20.5. The number of rotatable bonds is 6. The van der Waals surface area contributed by atoms with Gasteiger partial charge in [0.05, 0.1) is 45.6 Å². The lowest BCUT2D eigenvalue weighted by Crippen LogP contribution is -2.27. The zero-order chi connectivity index (χ0) is 28.6. The lowest BCUT2D eigenvalue weighted by Gasteiger charge is -2.13. The third-order valence-electron chi connectivity index (χ3n) is 5.46. The molecule has 0 saturated carbocycles. The SMILES string of the molecule is O=C(OC(F)C(F)F)C1=C(C(=O)OC(F)C(F)F)C2=NC1=CC1=NC(=CC3=NC(=CC4=NC(=C2)C=C4)C=C3)C=C1. The first kappa shape index (κ1) is 26.7. The van der Waals surface area contributed by atoms with E-state index in [9.17, 15) is 35.9 Å². The molecule has 204 valence electrons. The van der Waals surface area contributed by atoms with Gasteiger partial charge in [-0.25, -0.2) is 47.1 Å². The molecule has 0 aromatic carbocycles. The second kappa shape index (κ2) is 10.7. The van der Waals surface area contributed by atoms with E-state index in [0.29, 0.717) is 22.8 Å². The van der Waals surface area contributed by atoms with E-state index in [1.165, 1.54) is 12.2 Å². The van der Waals surface area contributed by atoms with Crippen LogP contribution in [0.3, 0.4) is 0 Å². The molecule has 2 atom stereocenters. The number of halogens is 6. The van der Waals surface area contributed by atoms with Gasteiger partial charge in [-0.15, -0.1) is 0 Å². The van der Waals surface area contributed by atoms with Crippen LogP contribution in [0.1, 0.15) is 0 Å². The van der Waals surface area contributed by atoms with Gasteiger partial charge in [0.15, 0.2) is 0 Å². The van der Waals surface area contributed by atoms with Crippen molar-refractivity contribution < 1.29 is 45.4 Å². The second-order valence-electron chi connectivity index (χ2n) is 8.28. The summed E-state index contributed by atoms with van der Waals surface area (Å²) in [6.45, 7) is 0. The highest BCUT2D eigenvalue weighted by Crippen LogP contribution is 2.32. The summed E-state index contributed by atoms with van der Waals surface area (Å²) < 4.78 is 86.8. The first-order chi connectivity index (χ1) is 19.1. The highest BCUT2D eigenvalue weighted by Gasteiger charge is 2.39. The second-order valence-corrected chi connectivity index (χ2v) is 8.28. The minimum Gasteiger partial charge on any atom is -0.421 e. The molecule has 8 bridgehead atoms. The number of hydrogen-bond donors (Lipinski definition) is 0. The average molecular weight is 560 g/mol. The van der Waals surface area contributed by atoms with Crippen LogP contribution in [0, 0.1) is 0 Å². The van der Waals surface area contributed by atoms with Crippen LogP contribution >= 0.6 is 0 Å². The average Bonchev–Trinajstić information content (AvgIpc) is 3.68. The van der Waals surface area contributed by atoms with Crippen molar-refractivity contribution in [2.24, 2.45) is 20.0 Å². The van der Waals surface area contributed by atoms with Crippen molar-refractivity contribution >= 4 is 34.8 Å². The number of fused-ring (bicyclic) bond motifs is 4. The molecular formula is C26H14F6N4O4. The minimum absolute atomic E-state index is 0.144. The Morgan fingerprint density at radius 1 is 0.550 bits per heavy atom. The monoisotopic (exact) mass is 560 g/mol. The number of alkyl halides is 6. The molecule has 5 aliphatic heterocycles. The standard InChI is InChI=1S/C26H14F6N4O4/c27-21(28)23(31)39-25(37)19-17-9-15-5-3-13(34-15)7-11-1-2-12(33-11)8-14-4-6-16(35-14)10-18(36-17)20(19)26(38)40-24(32)22(29)30/h1-10,21-24H. The third kappa shape index (κ3) is 5.60. The van der Waals surface area contributed by atoms with Crippen LogP contribution in [0.15, 0.2) is 115 Å². The zero-order valence-electron chi connectivity index (χ0n) is 19.8. The van der Waals surface area contributed by atoms with Gasteiger partial charge >= 0.3 is 37.5 Å². The molecule has 2 unspecified atom stereocenters. The Labute approximate surface area is 220 Å². The van der Waals surface area contributed by atoms with Gasteiger partial charge in [0.1, 0.15) is 11.1 Å². The van der Waals surface area contributed by atoms with Crippen molar-refractivity contribution in [1.82, 2.24) is 0 Å². The smallest absolute Gasteiger partial charge is 0.344 e. The Morgan fingerprint density at radius 3 is 1.45 bits per heavy atom. The molecule has 0 aromatic rings. The Balaban J connectivity index is 1.68. The van der Waals surface area contributed by atoms with E-state index in [0.717, 1.165) is 12.2 Å². The van der Waals surface area contributed by atoms with Crippen LogP contribution in [0.5, 0.6) is 0 Å². The molecule has 0 amide bonds. The maximum Gasteiger partial charge on any atom is 0.344 e. The molecule has 0 radical (unpaired) electrons. The number of allylic oxidation sites excluding steroid dienone is 10. The Kier molecular flexibility index (Phi) is 7.15. The predicted octanol–water partition coefficient (Wildman–Crippen LogP) is 4.53. The molecule has 5 rings (SSSR count). The molecule has 5 heterocycles. The van der Waals surface area contributed by atoms with E-state index in [4.69, 9.17) is 0 Å². The van der Waals surface area contributed by atoms with Crippen molar-refractivity contribution in [3.05, 3.63) is 94.7 Å². The van der Waals surface area contributed by atoms with Gasteiger partial charge in [-0.1, -0.05) is 0 Å². The molecule has 14 heteroatoms. The van der Waals surface area contributed by atoms with E-state index in [-0.39, 0.29) is 11.4 Å². The van der Waals surface area contributed by atoms with Gasteiger partial charge in [0.25, 0.3) is 0 Å². The molecule has 0 aliphatic carbocycles. The first-order valence-electron chi connectivity index (χ1n) is 11.3. The van der Waals surface area contributed by atoms with Crippen LogP contribution < -0.4 is 0 Å². The molecule has 0 fully saturated rings. The van der Waals surface area contributed by atoms with Crippen molar-refractivity contribution in [2.45, 2.75) is 25.6 Å². The topological polar surface area (TPSA) is 102 Å². The van der Waals surface area contributed by atoms with Crippen LogP contribution in [-0.2, 0) is 19.1 Å². The summed E-state index contributed by atoms with van der Waals surface area (Å²) >= 11 is 0. The number of aliphatic imine (C=N–C) groups is 4. The summed E-state index contributed by atoms with van der Waals surface area (Å²) in [4.78, 5) is 42.9. The fraction of sp³-hybridized carbons (Fsp3) is 0.154. The fourth-order valence-electron chi connectivity index (χ4n) is 3.79.